The quantitative estimate of drug-likeness (QED) is 0.795. The first-order valence-electron chi connectivity index (χ1n) is 8.48. The van der Waals surface area contributed by atoms with Crippen molar-refractivity contribution in [2.75, 3.05) is 0 Å². The van der Waals surface area contributed by atoms with Crippen molar-refractivity contribution >= 4 is 16.9 Å². The van der Waals surface area contributed by atoms with Crippen LogP contribution in [-0.2, 0) is 17.9 Å². The molecule has 0 aliphatic rings. The van der Waals surface area contributed by atoms with E-state index >= 15 is 0 Å². The van der Waals surface area contributed by atoms with Gasteiger partial charge in [-0.15, -0.1) is 6.42 Å². The molecular weight excluding hydrogens is 302 g/mol. The monoisotopic (exact) mass is 327 g/mol. The minimum atomic E-state index is -0.598. The molecule has 2 aromatic rings. The summed E-state index contributed by atoms with van der Waals surface area (Å²) in [6.07, 6.45) is 7.17. The van der Waals surface area contributed by atoms with Gasteiger partial charge in [0, 0.05) is 19.5 Å². The van der Waals surface area contributed by atoms with Crippen LogP contribution < -0.4 is 11.0 Å². The molecule has 0 aliphatic heterocycles. The molecule has 1 N–H and O–H groups in total. The summed E-state index contributed by atoms with van der Waals surface area (Å²) >= 11 is 0. The van der Waals surface area contributed by atoms with E-state index in [4.69, 9.17) is 6.42 Å². The first kappa shape index (κ1) is 17.9. The SMILES string of the molecule is C#CC(CC)(CC)NC(=O)CCn1c(=O)n(CC)c2ccccc21. The second kappa shape index (κ2) is 7.39. The Labute approximate surface area is 142 Å². The molecule has 0 aliphatic carbocycles. The summed E-state index contributed by atoms with van der Waals surface area (Å²) in [5, 5.41) is 2.94. The fourth-order valence-electron chi connectivity index (χ4n) is 3.00. The van der Waals surface area contributed by atoms with Gasteiger partial charge in [-0.05, 0) is 31.9 Å². The Hall–Kier alpha value is -2.48. The lowest BCUT2D eigenvalue weighted by Crippen LogP contribution is -2.46. The summed E-state index contributed by atoms with van der Waals surface area (Å²) in [6, 6.07) is 7.64. The fourth-order valence-corrected chi connectivity index (χ4v) is 3.00. The second-order valence-corrected chi connectivity index (χ2v) is 5.90. The Morgan fingerprint density at radius 2 is 1.75 bits per heavy atom. The molecule has 0 saturated carbocycles. The van der Waals surface area contributed by atoms with Gasteiger partial charge in [0.15, 0.2) is 0 Å². The molecule has 2 rings (SSSR count). The summed E-state index contributed by atoms with van der Waals surface area (Å²) in [5.41, 5.74) is 1.07. The van der Waals surface area contributed by atoms with Gasteiger partial charge in [0.2, 0.25) is 5.91 Å². The molecule has 0 atom stereocenters. The van der Waals surface area contributed by atoms with Crippen molar-refractivity contribution in [2.24, 2.45) is 0 Å². The van der Waals surface area contributed by atoms with E-state index in [1.165, 1.54) is 0 Å². The van der Waals surface area contributed by atoms with Crippen molar-refractivity contribution in [3.63, 3.8) is 0 Å². The number of hydrogen-bond donors (Lipinski definition) is 1. The van der Waals surface area contributed by atoms with Gasteiger partial charge in [0.25, 0.3) is 0 Å². The number of terminal acetylenes is 1. The third-order valence-corrected chi connectivity index (χ3v) is 4.67. The second-order valence-electron chi connectivity index (χ2n) is 5.90. The number of para-hydroxylation sites is 2. The molecule has 5 nitrogen and oxygen atoms in total. The van der Waals surface area contributed by atoms with Gasteiger partial charge >= 0.3 is 5.69 Å². The molecule has 128 valence electrons. The van der Waals surface area contributed by atoms with Crippen LogP contribution >= 0.6 is 0 Å². The molecule has 0 spiro atoms. The van der Waals surface area contributed by atoms with Crippen LogP contribution in [0.25, 0.3) is 11.0 Å². The highest BCUT2D eigenvalue weighted by Crippen LogP contribution is 2.15. The van der Waals surface area contributed by atoms with Crippen molar-refractivity contribution < 1.29 is 4.79 Å². The van der Waals surface area contributed by atoms with E-state index in [1.54, 1.807) is 9.13 Å². The van der Waals surface area contributed by atoms with Crippen molar-refractivity contribution in [1.82, 2.24) is 14.5 Å². The van der Waals surface area contributed by atoms with Crippen LogP contribution in [0, 0.1) is 12.3 Å². The van der Waals surface area contributed by atoms with Crippen LogP contribution in [0.4, 0.5) is 0 Å². The Balaban J connectivity index is 2.20. The van der Waals surface area contributed by atoms with E-state index in [0.29, 0.717) is 25.9 Å². The molecule has 1 heterocycles. The number of benzene rings is 1. The summed E-state index contributed by atoms with van der Waals surface area (Å²) in [6.45, 7) is 6.80. The summed E-state index contributed by atoms with van der Waals surface area (Å²) in [5.74, 6) is 2.57. The zero-order valence-electron chi connectivity index (χ0n) is 14.6. The van der Waals surface area contributed by atoms with Crippen LogP contribution in [-0.4, -0.2) is 20.6 Å². The topological polar surface area (TPSA) is 56.0 Å². The zero-order chi connectivity index (χ0) is 17.7. The minimum Gasteiger partial charge on any atom is -0.340 e. The Morgan fingerprint density at radius 3 is 2.25 bits per heavy atom. The third-order valence-electron chi connectivity index (χ3n) is 4.67. The van der Waals surface area contributed by atoms with E-state index < -0.39 is 5.54 Å². The van der Waals surface area contributed by atoms with Crippen molar-refractivity contribution in [3.8, 4) is 12.3 Å². The number of rotatable bonds is 7. The highest BCUT2D eigenvalue weighted by molar-refractivity contribution is 5.78. The molecule has 0 bridgehead atoms. The average Bonchev–Trinajstić information content (AvgIpc) is 2.89. The van der Waals surface area contributed by atoms with Crippen molar-refractivity contribution in [2.45, 2.75) is 58.7 Å². The molecule has 0 radical (unpaired) electrons. The number of imidazole rings is 1. The first-order chi connectivity index (χ1) is 11.5. The predicted molar refractivity (Wildman–Crippen MR) is 96.8 cm³/mol. The molecule has 1 amide bonds. The number of nitrogens with one attached hydrogen (secondary N) is 1. The van der Waals surface area contributed by atoms with Gasteiger partial charge in [-0.3, -0.25) is 13.9 Å². The van der Waals surface area contributed by atoms with E-state index in [0.717, 1.165) is 11.0 Å². The number of aryl methyl sites for hydroxylation is 2. The van der Waals surface area contributed by atoms with Gasteiger partial charge < -0.3 is 5.32 Å². The van der Waals surface area contributed by atoms with E-state index in [1.807, 2.05) is 45.0 Å². The van der Waals surface area contributed by atoms with Crippen LogP contribution in [0.1, 0.15) is 40.0 Å². The van der Waals surface area contributed by atoms with Crippen molar-refractivity contribution in [3.05, 3.63) is 34.7 Å². The summed E-state index contributed by atoms with van der Waals surface area (Å²) in [7, 11) is 0. The molecule has 0 unspecified atom stereocenters. The summed E-state index contributed by atoms with van der Waals surface area (Å²) < 4.78 is 3.38. The van der Waals surface area contributed by atoms with Gasteiger partial charge in [-0.2, -0.15) is 0 Å². The van der Waals surface area contributed by atoms with Crippen LogP contribution in [0.2, 0.25) is 0 Å². The summed E-state index contributed by atoms with van der Waals surface area (Å²) in [4.78, 5) is 24.9. The largest absolute Gasteiger partial charge is 0.340 e. The number of fused-ring (bicyclic) bond motifs is 1. The van der Waals surface area contributed by atoms with E-state index in [2.05, 4.69) is 11.2 Å². The van der Waals surface area contributed by atoms with Gasteiger partial charge in [-0.25, -0.2) is 4.79 Å². The number of carbonyl (C=O) groups excluding carboxylic acids is 1. The molecular formula is C19H25N3O2. The van der Waals surface area contributed by atoms with Crippen LogP contribution in [0.15, 0.2) is 29.1 Å². The molecule has 1 aromatic heterocycles. The molecule has 0 saturated heterocycles. The van der Waals surface area contributed by atoms with Gasteiger partial charge in [0.05, 0.1) is 11.0 Å². The number of nitrogens with zero attached hydrogens (tertiary/aromatic N) is 2. The molecule has 24 heavy (non-hydrogen) atoms. The normalized spacial score (nSPS) is 11.4. The molecule has 1 aromatic carbocycles. The maximum absolute atomic E-state index is 12.5. The average molecular weight is 327 g/mol. The number of amides is 1. The number of hydrogen-bond acceptors (Lipinski definition) is 2. The minimum absolute atomic E-state index is 0.0827. The number of aromatic nitrogens is 2. The van der Waals surface area contributed by atoms with Gasteiger partial charge in [0.1, 0.15) is 5.54 Å². The van der Waals surface area contributed by atoms with Crippen LogP contribution in [0.3, 0.4) is 0 Å². The van der Waals surface area contributed by atoms with Crippen molar-refractivity contribution in [1.29, 1.82) is 0 Å². The lowest BCUT2D eigenvalue weighted by molar-refractivity contribution is -0.122. The first-order valence-corrected chi connectivity index (χ1v) is 8.48. The third kappa shape index (κ3) is 3.23. The number of carbonyl (C=O) groups is 1. The highest BCUT2D eigenvalue weighted by atomic mass is 16.2. The predicted octanol–water partition coefficient (Wildman–Crippen LogP) is 2.52. The Morgan fingerprint density at radius 1 is 1.17 bits per heavy atom. The van der Waals surface area contributed by atoms with E-state index in [9.17, 15) is 9.59 Å². The molecule has 0 fully saturated rings. The molecule has 5 heteroatoms. The lowest BCUT2D eigenvalue weighted by Gasteiger charge is -2.27. The van der Waals surface area contributed by atoms with Gasteiger partial charge in [-0.1, -0.05) is 31.9 Å². The lowest BCUT2D eigenvalue weighted by atomic mass is 9.94. The standard InChI is InChI=1S/C19H25N3O2/c1-5-19(6-2,7-3)20-17(23)13-14-22-16-12-10-9-11-15(16)21(8-4)18(22)24/h1,9-12H,6-8,13-14H2,2-4H3,(H,20,23). The fraction of sp³-hybridized carbons (Fsp3) is 0.474. The zero-order valence-corrected chi connectivity index (χ0v) is 14.6. The smallest absolute Gasteiger partial charge is 0.329 e. The Kier molecular flexibility index (Phi) is 5.50. The maximum atomic E-state index is 12.5. The highest BCUT2D eigenvalue weighted by Gasteiger charge is 2.25. The Bertz CT molecular complexity index is 819. The maximum Gasteiger partial charge on any atom is 0.329 e. The van der Waals surface area contributed by atoms with Crippen LogP contribution in [0.5, 0.6) is 0 Å². The van der Waals surface area contributed by atoms with E-state index in [-0.39, 0.29) is 18.0 Å².